The molecule has 0 bridgehead atoms. The number of likely N-dealkylation sites (tertiary alicyclic amines) is 1. The molecule has 0 spiro atoms. The minimum atomic E-state index is -0.284. The molecule has 1 aliphatic rings. The Morgan fingerprint density at radius 1 is 1.32 bits per heavy atom. The van der Waals surface area contributed by atoms with E-state index in [2.05, 4.69) is 49.9 Å². The molecule has 1 fully saturated rings. The zero-order valence-electron chi connectivity index (χ0n) is 13.4. The molecular weight excluding hydrogens is 238 g/mol. The summed E-state index contributed by atoms with van der Waals surface area (Å²) in [5, 5.41) is 13.5. The van der Waals surface area contributed by atoms with Crippen molar-refractivity contribution in [2.45, 2.75) is 58.2 Å². The van der Waals surface area contributed by atoms with E-state index in [1.165, 1.54) is 25.9 Å². The third kappa shape index (κ3) is 6.70. The molecule has 114 valence electrons. The summed E-state index contributed by atoms with van der Waals surface area (Å²) in [5.74, 6) is 0. The zero-order chi connectivity index (χ0) is 14.5. The molecule has 0 saturated carbocycles. The van der Waals surface area contributed by atoms with E-state index in [1.807, 2.05) is 0 Å². The van der Waals surface area contributed by atoms with Gasteiger partial charge in [-0.1, -0.05) is 6.92 Å². The van der Waals surface area contributed by atoms with Crippen LogP contribution < -0.4 is 5.32 Å². The van der Waals surface area contributed by atoms with Gasteiger partial charge >= 0.3 is 0 Å². The summed E-state index contributed by atoms with van der Waals surface area (Å²) in [4.78, 5) is 4.84. The highest BCUT2D eigenvalue weighted by atomic mass is 16.3. The highest BCUT2D eigenvalue weighted by Gasteiger charge is 2.23. The molecule has 19 heavy (non-hydrogen) atoms. The second-order valence-corrected chi connectivity index (χ2v) is 6.89. The largest absolute Gasteiger partial charge is 0.390 e. The molecule has 1 heterocycles. The minimum absolute atomic E-state index is 0.0754. The van der Waals surface area contributed by atoms with Gasteiger partial charge in [0.25, 0.3) is 0 Å². The lowest BCUT2D eigenvalue weighted by molar-refractivity contribution is 0.0715. The van der Waals surface area contributed by atoms with Gasteiger partial charge in [-0.05, 0) is 60.3 Å². The van der Waals surface area contributed by atoms with Gasteiger partial charge in [0.1, 0.15) is 0 Å². The Morgan fingerprint density at radius 3 is 2.37 bits per heavy atom. The maximum atomic E-state index is 10.1. The summed E-state index contributed by atoms with van der Waals surface area (Å²) in [7, 11) is 2.15. The number of β-amino-alcohol motifs (C(OH)–C–C–N with tert-alkyl or cyclic N) is 1. The summed E-state index contributed by atoms with van der Waals surface area (Å²) in [5.41, 5.74) is 0.0754. The molecule has 0 aromatic heterocycles. The van der Waals surface area contributed by atoms with Crippen LogP contribution in [0, 0.1) is 0 Å². The van der Waals surface area contributed by atoms with Crippen LogP contribution in [0.2, 0.25) is 0 Å². The summed E-state index contributed by atoms with van der Waals surface area (Å²) >= 11 is 0. The summed E-state index contributed by atoms with van der Waals surface area (Å²) in [6, 6.07) is 0.632. The van der Waals surface area contributed by atoms with Crippen LogP contribution >= 0.6 is 0 Å². The fourth-order valence-electron chi connectivity index (χ4n) is 2.65. The predicted octanol–water partition coefficient (Wildman–Crippen LogP) is 1.15. The van der Waals surface area contributed by atoms with Crippen molar-refractivity contribution in [3.63, 3.8) is 0 Å². The van der Waals surface area contributed by atoms with Gasteiger partial charge in [0.2, 0.25) is 0 Å². The van der Waals surface area contributed by atoms with Crippen LogP contribution in [-0.2, 0) is 0 Å². The number of nitrogens with zero attached hydrogens (tertiary/aromatic N) is 2. The molecule has 1 aliphatic heterocycles. The Labute approximate surface area is 119 Å². The standard InChI is InChI=1S/C15H33N3O/c1-6-18-9-7-13(8-10-18)17(5)12-14(19)11-16-15(2,3)4/h13-14,16,19H,6-12H2,1-5H3. The van der Waals surface area contributed by atoms with Crippen LogP contribution in [0.3, 0.4) is 0 Å². The van der Waals surface area contributed by atoms with Gasteiger partial charge in [0.15, 0.2) is 0 Å². The molecule has 1 atom stereocenters. The van der Waals surface area contributed by atoms with Crippen molar-refractivity contribution in [3.8, 4) is 0 Å². The Kier molecular flexibility index (Phi) is 6.74. The first-order chi connectivity index (χ1) is 8.81. The van der Waals surface area contributed by atoms with Gasteiger partial charge in [-0.2, -0.15) is 0 Å². The van der Waals surface area contributed by atoms with Crippen LogP contribution in [0.25, 0.3) is 0 Å². The van der Waals surface area contributed by atoms with Gasteiger partial charge in [-0.25, -0.2) is 0 Å². The second kappa shape index (κ2) is 7.58. The molecule has 1 unspecified atom stereocenters. The van der Waals surface area contributed by atoms with Crippen LogP contribution in [-0.4, -0.2) is 72.4 Å². The van der Waals surface area contributed by atoms with Crippen LogP contribution in [0.4, 0.5) is 0 Å². The fraction of sp³-hybridized carbons (Fsp3) is 1.00. The first kappa shape index (κ1) is 16.9. The van der Waals surface area contributed by atoms with Crippen molar-refractivity contribution in [2.24, 2.45) is 0 Å². The third-order valence-electron chi connectivity index (χ3n) is 3.99. The Morgan fingerprint density at radius 2 is 1.89 bits per heavy atom. The molecule has 4 nitrogen and oxygen atoms in total. The number of aliphatic hydroxyl groups is 1. The van der Waals surface area contributed by atoms with E-state index in [9.17, 15) is 5.11 Å². The predicted molar refractivity (Wildman–Crippen MR) is 81.5 cm³/mol. The number of hydrogen-bond donors (Lipinski definition) is 2. The van der Waals surface area contributed by atoms with Gasteiger partial charge in [-0.3, -0.25) is 0 Å². The maximum Gasteiger partial charge on any atom is 0.0791 e. The molecular formula is C15H33N3O. The normalized spacial score (nSPS) is 21.0. The van der Waals surface area contributed by atoms with E-state index in [0.29, 0.717) is 12.6 Å². The van der Waals surface area contributed by atoms with Crippen LogP contribution in [0.5, 0.6) is 0 Å². The lowest BCUT2D eigenvalue weighted by atomic mass is 10.0. The first-order valence-electron chi connectivity index (χ1n) is 7.67. The molecule has 0 aliphatic carbocycles. The van der Waals surface area contributed by atoms with Gasteiger partial charge in [-0.15, -0.1) is 0 Å². The Bertz CT molecular complexity index is 244. The molecule has 1 saturated heterocycles. The number of piperidine rings is 1. The third-order valence-corrected chi connectivity index (χ3v) is 3.99. The average molecular weight is 271 g/mol. The molecule has 0 aromatic carbocycles. The highest BCUT2D eigenvalue weighted by molar-refractivity contribution is 4.80. The van der Waals surface area contributed by atoms with Gasteiger partial charge < -0.3 is 20.2 Å². The molecule has 0 aromatic rings. The SMILES string of the molecule is CCN1CCC(N(C)CC(O)CNC(C)(C)C)CC1. The quantitative estimate of drug-likeness (QED) is 0.760. The highest BCUT2D eigenvalue weighted by Crippen LogP contribution is 2.15. The summed E-state index contributed by atoms with van der Waals surface area (Å²) < 4.78 is 0. The van der Waals surface area contributed by atoms with Crippen molar-refractivity contribution in [3.05, 3.63) is 0 Å². The van der Waals surface area contributed by atoms with Crippen molar-refractivity contribution in [2.75, 3.05) is 39.8 Å². The monoisotopic (exact) mass is 271 g/mol. The Balaban J connectivity index is 2.25. The number of nitrogens with one attached hydrogen (secondary N) is 1. The molecule has 2 N–H and O–H groups in total. The van der Waals surface area contributed by atoms with Gasteiger partial charge in [0, 0.05) is 24.7 Å². The molecule has 4 heteroatoms. The Hall–Kier alpha value is -0.160. The van der Waals surface area contributed by atoms with E-state index in [-0.39, 0.29) is 11.6 Å². The molecule has 0 radical (unpaired) electrons. The lowest BCUT2D eigenvalue weighted by Gasteiger charge is -2.37. The van der Waals surface area contributed by atoms with E-state index < -0.39 is 0 Å². The average Bonchev–Trinajstić information content (AvgIpc) is 2.35. The van der Waals surface area contributed by atoms with E-state index in [4.69, 9.17) is 0 Å². The smallest absolute Gasteiger partial charge is 0.0791 e. The molecule has 0 amide bonds. The van der Waals surface area contributed by atoms with Crippen LogP contribution in [0.1, 0.15) is 40.5 Å². The van der Waals surface area contributed by atoms with E-state index in [0.717, 1.165) is 13.1 Å². The summed E-state index contributed by atoms with van der Waals surface area (Å²) in [6.45, 7) is 13.6. The van der Waals surface area contributed by atoms with Crippen molar-refractivity contribution in [1.29, 1.82) is 0 Å². The van der Waals surface area contributed by atoms with Crippen LogP contribution in [0.15, 0.2) is 0 Å². The van der Waals surface area contributed by atoms with Crippen molar-refractivity contribution >= 4 is 0 Å². The fourth-order valence-corrected chi connectivity index (χ4v) is 2.65. The minimum Gasteiger partial charge on any atom is -0.390 e. The topological polar surface area (TPSA) is 38.7 Å². The lowest BCUT2D eigenvalue weighted by Crippen LogP contribution is -2.48. The number of hydrogen-bond acceptors (Lipinski definition) is 4. The van der Waals surface area contributed by atoms with E-state index in [1.54, 1.807) is 0 Å². The second-order valence-electron chi connectivity index (χ2n) is 6.89. The molecule has 1 rings (SSSR count). The van der Waals surface area contributed by atoms with Crippen molar-refractivity contribution in [1.82, 2.24) is 15.1 Å². The van der Waals surface area contributed by atoms with E-state index >= 15 is 0 Å². The summed E-state index contributed by atoms with van der Waals surface area (Å²) in [6.07, 6.45) is 2.17. The van der Waals surface area contributed by atoms with Gasteiger partial charge in [0.05, 0.1) is 6.10 Å². The number of likely N-dealkylation sites (N-methyl/N-ethyl adjacent to an activating group) is 1. The first-order valence-corrected chi connectivity index (χ1v) is 7.67. The number of aliphatic hydroxyl groups excluding tert-OH is 1. The van der Waals surface area contributed by atoms with Crippen molar-refractivity contribution < 1.29 is 5.11 Å². The maximum absolute atomic E-state index is 10.1. The number of rotatable bonds is 6. The zero-order valence-corrected chi connectivity index (χ0v) is 13.4.